The SMILES string of the molecule is COc1ccc(OC)c(NC(=O)c2[nH]nc3c2CSc2ccccc2-3)c1. The molecule has 2 N–H and O–H groups in total. The average molecular weight is 367 g/mol. The summed E-state index contributed by atoms with van der Waals surface area (Å²) >= 11 is 1.70. The largest absolute Gasteiger partial charge is 0.497 e. The van der Waals surface area contributed by atoms with E-state index in [1.807, 2.05) is 18.2 Å². The van der Waals surface area contributed by atoms with E-state index in [0.717, 1.165) is 16.8 Å². The van der Waals surface area contributed by atoms with E-state index in [4.69, 9.17) is 9.47 Å². The van der Waals surface area contributed by atoms with Gasteiger partial charge in [0.1, 0.15) is 17.2 Å². The van der Waals surface area contributed by atoms with Gasteiger partial charge in [-0.15, -0.1) is 11.8 Å². The zero-order valence-electron chi connectivity index (χ0n) is 14.3. The molecule has 2 heterocycles. The summed E-state index contributed by atoms with van der Waals surface area (Å²) in [4.78, 5) is 14.0. The summed E-state index contributed by atoms with van der Waals surface area (Å²) in [6.07, 6.45) is 0. The third kappa shape index (κ3) is 2.80. The van der Waals surface area contributed by atoms with Crippen molar-refractivity contribution in [1.82, 2.24) is 10.2 Å². The number of anilines is 1. The van der Waals surface area contributed by atoms with Crippen LogP contribution in [0.3, 0.4) is 0 Å². The number of methoxy groups -OCH3 is 2. The Bertz CT molecular complexity index is 984. The Kier molecular flexibility index (Phi) is 4.30. The molecule has 0 radical (unpaired) electrons. The number of carbonyl (C=O) groups is 1. The fourth-order valence-electron chi connectivity index (χ4n) is 2.95. The molecule has 2 aromatic carbocycles. The summed E-state index contributed by atoms with van der Waals surface area (Å²) in [5.74, 6) is 1.63. The second kappa shape index (κ2) is 6.76. The van der Waals surface area contributed by atoms with Crippen molar-refractivity contribution in [3.8, 4) is 22.8 Å². The molecule has 26 heavy (non-hydrogen) atoms. The van der Waals surface area contributed by atoms with Gasteiger partial charge >= 0.3 is 0 Å². The summed E-state index contributed by atoms with van der Waals surface area (Å²) in [6, 6.07) is 13.3. The number of amides is 1. The third-order valence-corrected chi connectivity index (χ3v) is 5.36. The van der Waals surface area contributed by atoms with E-state index in [1.54, 1.807) is 44.2 Å². The molecular weight excluding hydrogens is 350 g/mol. The first kappa shape index (κ1) is 16.5. The van der Waals surface area contributed by atoms with Crippen molar-refractivity contribution in [2.75, 3.05) is 19.5 Å². The van der Waals surface area contributed by atoms with Crippen LogP contribution in [0.5, 0.6) is 11.5 Å². The summed E-state index contributed by atoms with van der Waals surface area (Å²) in [5.41, 5.74) is 3.80. The number of aromatic amines is 1. The number of H-pyrrole nitrogens is 1. The smallest absolute Gasteiger partial charge is 0.274 e. The molecule has 3 aromatic rings. The lowest BCUT2D eigenvalue weighted by Crippen LogP contribution is -2.15. The van der Waals surface area contributed by atoms with Crippen LogP contribution in [0, 0.1) is 0 Å². The van der Waals surface area contributed by atoms with Gasteiger partial charge in [-0.1, -0.05) is 18.2 Å². The molecule has 4 rings (SSSR count). The van der Waals surface area contributed by atoms with E-state index in [9.17, 15) is 4.79 Å². The van der Waals surface area contributed by atoms with Crippen LogP contribution in [-0.4, -0.2) is 30.3 Å². The molecule has 0 unspecified atom stereocenters. The zero-order chi connectivity index (χ0) is 18.1. The van der Waals surface area contributed by atoms with Gasteiger partial charge < -0.3 is 14.8 Å². The van der Waals surface area contributed by atoms with E-state index >= 15 is 0 Å². The fraction of sp³-hybridized carbons (Fsp3) is 0.158. The standard InChI is InChI=1S/C19H17N3O3S/c1-24-11-7-8-15(25-2)14(9-11)20-19(23)18-13-10-26-16-6-4-3-5-12(16)17(13)21-22-18/h3-9H,10H2,1-2H3,(H,20,23)(H,21,22). The molecule has 1 aliphatic heterocycles. The van der Waals surface area contributed by atoms with E-state index < -0.39 is 0 Å². The molecule has 0 atom stereocenters. The first-order valence-electron chi connectivity index (χ1n) is 8.04. The first-order valence-corrected chi connectivity index (χ1v) is 9.02. The van der Waals surface area contributed by atoms with Crippen LogP contribution in [0.25, 0.3) is 11.3 Å². The molecule has 7 heteroatoms. The van der Waals surface area contributed by atoms with Crippen molar-refractivity contribution in [2.45, 2.75) is 10.6 Å². The monoisotopic (exact) mass is 367 g/mol. The number of benzene rings is 2. The van der Waals surface area contributed by atoms with Crippen LogP contribution in [-0.2, 0) is 5.75 Å². The van der Waals surface area contributed by atoms with Crippen LogP contribution in [0.2, 0.25) is 0 Å². The molecule has 1 aromatic heterocycles. The zero-order valence-corrected chi connectivity index (χ0v) is 15.1. The molecule has 0 spiro atoms. The minimum Gasteiger partial charge on any atom is -0.497 e. The second-order valence-corrected chi connectivity index (χ2v) is 6.75. The number of ether oxygens (including phenoxy) is 2. The normalized spacial score (nSPS) is 12.1. The summed E-state index contributed by atoms with van der Waals surface area (Å²) < 4.78 is 10.5. The number of hydrogen-bond donors (Lipinski definition) is 2. The molecule has 6 nitrogen and oxygen atoms in total. The second-order valence-electron chi connectivity index (χ2n) is 5.73. The maximum absolute atomic E-state index is 12.8. The molecule has 0 aliphatic carbocycles. The van der Waals surface area contributed by atoms with E-state index in [-0.39, 0.29) is 5.91 Å². The predicted octanol–water partition coefficient (Wildman–Crippen LogP) is 3.95. The van der Waals surface area contributed by atoms with Crippen molar-refractivity contribution in [3.63, 3.8) is 0 Å². The van der Waals surface area contributed by atoms with Crippen molar-refractivity contribution < 1.29 is 14.3 Å². The van der Waals surface area contributed by atoms with Gasteiger partial charge in [0, 0.05) is 27.8 Å². The highest BCUT2D eigenvalue weighted by Gasteiger charge is 2.26. The lowest BCUT2D eigenvalue weighted by molar-refractivity contribution is 0.102. The molecule has 0 fully saturated rings. The van der Waals surface area contributed by atoms with Crippen molar-refractivity contribution in [3.05, 3.63) is 53.7 Å². The highest BCUT2D eigenvalue weighted by atomic mass is 32.2. The first-order chi connectivity index (χ1) is 12.7. The third-order valence-electron chi connectivity index (χ3n) is 4.26. The van der Waals surface area contributed by atoms with Gasteiger partial charge in [0.05, 0.1) is 25.6 Å². The van der Waals surface area contributed by atoms with Gasteiger partial charge in [-0.3, -0.25) is 9.89 Å². The molecule has 0 bridgehead atoms. The van der Waals surface area contributed by atoms with Crippen molar-refractivity contribution in [1.29, 1.82) is 0 Å². The van der Waals surface area contributed by atoms with Crippen molar-refractivity contribution >= 4 is 23.4 Å². The van der Waals surface area contributed by atoms with Crippen LogP contribution in [0.1, 0.15) is 16.1 Å². The van der Waals surface area contributed by atoms with Gasteiger partial charge in [-0.05, 0) is 18.2 Å². The molecule has 1 amide bonds. The molecular formula is C19H17N3O3S. The number of thioether (sulfide) groups is 1. The molecule has 132 valence electrons. The van der Waals surface area contributed by atoms with Crippen LogP contribution < -0.4 is 14.8 Å². The van der Waals surface area contributed by atoms with Crippen LogP contribution >= 0.6 is 11.8 Å². The topological polar surface area (TPSA) is 76.2 Å². The number of aromatic nitrogens is 2. The number of nitrogens with one attached hydrogen (secondary N) is 2. The van der Waals surface area contributed by atoms with Gasteiger partial charge in [-0.25, -0.2) is 0 Å². The Morgan fingerprint density at radius 1 is 1.19 bits per heavy atom. The number of rotatable bonds is 4. The van der Waals surface area contributed by atoms with Gasteiger partial charge in [0.15, 0.2) is 0 Å². The molecule has 0 saturated carbocycles. The number of nitrogens with zero attached hydrogens (tertiary/aromatic N) is 1. The Balaban J connectivity index is 1.67. The highest BCUT2D eigenvalue weighted by molar-refractivity contribution is 7.98. The predicted molar refractivity (Wildman–Crippen MR) is 101 cm³/mol. The maximum Gasteiger partial charge on any atom is 0.274 e. The minimum absolute atomic E-state index is 0.259. The number of carbonyl (C=O) groups excluding carboxylic acids is 1. The van der Waals surface area contributed by atoms with Gasteiger partial charge in [-0.2, -0.15) is 5.10 Å². The lowest BCUT2D eigenvalue weighted by Gasteiger charge is -2.15. The van der Waals surface area contributed by atoms with E-state index in [2.05, 4.69) is 21.6 Å². The average Bonchev–Trinajstić information content (AvgIpc) is 3.12. The lowest BCUT2D eigenvalue weighted by atomic mass is 10.1. The Labute approximate surface area is 154 Å². The van der Waals surface area contributed by atoms with Gasteiger partial charge in [0.2, 0.25) is 0 Å². The van der Waals surface area contributed by atoms with E-state index in [1.165, 1.54) is 4.90 Å². The summed E-state index contributed by atoms with van der Waals surface area (Å²) in [7, 11) is 3.14. The minimum atomic E-state index is -0.259. The van der Waals surface area contributed by atoms with Crippen LogP contribution in [0.4, 0.5) is 5.69 Å². The van der Waals surface area contributed by atoms with Crippen molar-refractivity contribution in [2.24, 2.45) is 0 Å². The Morgan fingerprint density at radius 2 is 2.04 bits per heavy atom. The maximum atomic E-state index is 12.8. The Morgan fingerprint density at radius 3 is 2.85 bits per heavy atom. The number of fused-ring (bicyclic) bond motifs is 3. The number of hydrogen-bond acceptors (Lipinski definition) is 5. The van der Waals surface area contributed by atoms with E-state index in [0.29, 0.717) is 28.6 Å². The Hall–Kier alpha value is -2.93. The van der Waals surface area contributed by atoms with Gasteiger partial charge in [0.25, 0.3) is 5.91 Å². The quantitative estimate of drug-likeness (QED) is 0.730. The summed E-state index contributed by atoms with van der Waals surface area (Å²) in [6.45, 7) is 0. The van der Waals surface area contributed by atoms with Crippen LogP contribution in [0.15, 0.2) is 47.4 Å². The molecule has 1 aliphatic rings. The molecule has 0 saturated heterocycles. The fourth-order valence-corrected chi connectivity index (χ4v) is 4.03. The highest BCUT2D eigenvalue weighted by Crippen LogP contribution is 2.41. The summed E-state index contributed by atoms with van der Waals surface area (Å²) in [5, 5.41) is 10.2.